The molecule has 0 atom stereocenters. The summed E-state index contributed by atoms with van der Waals surface area (Å²) in [6, 6.07) is 9.55. The first-order chi connectivity index (χ1) is 10.3. The second-order valence-corrected chi connectivity index (χ2v) is 5.23. The van der Waals surface area contributed by atoms with Crippen LogP contribution in [0.1, 0.15) is 10.4 Å². The first-order valence-corrected chi connectivity index (χ1v) is 7.39. The minimum atomic E-state index is -0.0468. The van der Waals surface area contributed by atoms with Gasteiger partial charge in [-0.3, -0.25) is 14.7 Å². The van der Waals surface area contributed by atoms with Gasteiger partial charge in [0.1, 0.15) is 0 Å². The van der Waals surface area contributed by atoms with Crippen LogP contribution < -0.4 is 10.6 Å². The van der Waals surface area contributed by atoms with Crippen molar-refractivity contribution >= 4 is 41.6 Å². The van der Waals surface area contributed by atoms with E-state index in [1.807, 2.05) is 30.3 Å². The van der Waals surface area contributed by atoms with E-state index >= 15 is 0 Å². The highest BCUT2D eigenvalue weighted by Crippen LogP contribution is 2.15. The van der Waals surface area contributed by atoms with Crippen molar-refractivity contribution < 1.29 is 4.79 Å². The zero-order valence-corrected chi connectivity index (χ0v) is 14.5. The number of hydrogen-bond acceptors (Lipinski definition) is 4. The number of amides is 1. The number of hydrogen-bond donors (Lipinski definition) is 2. The number of halogens is 2. The summed E-state index contributed by atoms with van der Waals surface area (Å²) in [5.41, 5.74) is 1.41. The summed E-state index contributed by atoms with van der Waals surface area (Å²) in [5.74, 6) is -0.0468. The third-order valence-corrected chi connectivity index (χ3v) is 3.80. The summed E-state index contributed by atoms with van der Waals surface area (Å²) in [5, 5.41) is 7.31. The van der Waals surface area contributed by atoms with Gasteiger partial charge in [0.15, 0.2) is 0 Å². The first-order valence-electron chi connectivity index (χ1n) is 7.39. The van der Waals surface area contributed by atoms with Crippen LogP contribution in [0.3, 0.4) is 0 Å². The van der Waals surface area contributed by atoms with E-state index in [1.54, 1.807) is 6.20 Å². The normalized spacial score (nSPS) is 14.6. The molecular weight excluding hydrogens is 335 g/mol. The highest BCUT2D eigenvalue weighted by molar-refractivity contribution is 6.05. The Hall–Kier alpha value is -1.40. The van der Waals surface area contributed by atoms with Crippen molar-refractivity contribution in [2.24, 2.45) is 0 Å². The van der Waals surface area contributed by atoms with Crippen molar-refractivity contribution in [2.45, 2.75) is 0 Å². The van der Waals surface area contributed by atoms with Gasteiger partial charge in [-0.15, -0.1) is 24.8 Å². The lowest BCUT2D eigenvalue weighted by Gasteiger charge is -2.27. The average molecular weight is 357 g/mol. The summed E-state index contributed by atoms with van der Waals surface area (Å²) in [6.45, 7) is 5.72. The van der Waals surface area contributed by atoms with E-state index < -0.39 is 0 Å². The molecule has 1 aliphatic heterocycles. The van der Waals surface area contributed by atoms with Gasteiger partial charge >= 0.3 is 0 Å². The molecule has 5 nitrogen and oxygen atoms in total. The van der Waals surface area contributed by atoms with E-state index in [4.69, 9.17) is 0 Å². The van der Waals surface area contributed by atoms with Crippen molar-refractivity contribution in [3.05, 3.63) is 42.1 Å². The average Bonchev–Trinajstić information content (AvgIpc) is 2.55. The van der Waals surface area contributed by atoms with Crippen LogP contribution in [0.4, 0.5) is 0 Å². The number of nitrogens with one attached hydrogen (secondary N) is 2. The number of carbonyl (C=O) groups excluding carboxylic acids is 1. The summed E-state index contributed by atoms with van der Waals surface area (Å²) in [6.07, 6.45) is 1.72. The lowest BCUT2D eigenvalue weighted by molar-refractivity contribution is 0.0949. The van der Waals surface area contributed by atoms with Crippen LogP contribution in [-0.4, -0.2) is 55.1 Å². The Morgan fingerprint density at radius 2 is 1.91 bits per heavy atom. The van der Waals surface area contributed by atoms with Gasteiger partial charge in [0.05, 0.1) is 11.1 Å². The highest BCUT2D eigenvalue weighted by atomic mass is 35.5. The molecule has 2 N–H and O–H groups in total. The minimum Gasteiger partial charge on any atom is -0.351 e. The minimum absolute atomic E-state index is 0. The molecule has 2 heterocycles. The second kappa shape index (κ2) is 9.67. The number of para-hydroxylation sites is 1. The van der Waals surface area contributed by atoms with Crippen molar-refractivity contribution in [2.75, 3.05) is 39.3 Å². The maximum absolute atomic E-state index is 12.3. The van der Waals surface area contributed by atoms with E-state index in [0.717, 1.165) is 43.6 Å². The van der Waals surface area contributed by atoms with Crippen molar-refractivity contribution in [3.63, 3.8) is 0 Å². The Balaban J connectivity index is 0.00000132. The monoisotopic (exact) mass is 356 g/mol. The molecule has 2 aromatic rings. The van der Waals surface area contributed by atoms with Gasteiger partial charge < -0.3 is 10.6 Å². The molecule has 1 fully saturated rings. The van der Waals surface area contributed by atoms with Crippen LogP contribution in [0.5, 0.6) is 0 Å². The van der Waals surface area contributed by atoms with Crippen molar-refractivity contribution in [1.82, 2.24) is 20.5 Å². The van der Waals surface area contributed by atoms with Gasteiger partial charge in [0.2, 0.25) is 0 Å². The van der Waals surface area contributed by atoms with Crippen LogP contribution in [0, 0.1) is 0 Å². The lowest BCUT2D eigenvalue weighted by atomic mass is 10.1. The van der Waals surface area contributed by atoms with Crippen LogP contribution >= 0.6 is 24.8 Å². The van der Waals surface area contributed by atoms with Gasteiger partial charge in [0, 0.05) is 50.9 Å². The number of aromatic nitrogens is 1. The summed E-state index contributed by atoms with van der Waals surface area (Å²) < 4.78 is 0. The molecule has 0 bridgehead atoms. The van der Waals surface area contributed by atoms with E-state index in [1.165, 1.54) is 0 Å². The van der Waals surface area contributed by atoms with Gasteiger partial charge in [-0.05, 0) is 12.1 Å². The summed E-state index contributed by atoms with van der Waals surface area (Å²) >= 11 is 0. The van der Waals surface area contributed by atoms with Gasteiger partial charge in [0.25, 0.3) is 5.91 Å². The molecule has 0 aliphatic carbocycles. The molecule has 0 saturated carbocycles. The fourth-order valence-corrected chi connectivity index (χ4v) is 2.64. The van der Waals surface area contributed by atoms with Gasteiger partial charge in [-0.2, -0.15) is 0 Å². The zero-order valence-electron chi connectivity index (χ0n) is 12.8. The number of pyridine rings is 1. The number of piperazine rings is 1. The SMILES string of the molecule is Cl.Cl.O=C(NCCN1CCNCC1)c1cccc2cccnc12. The Morgan fingerprint density at radius 1 is 1.17 bits per heavy atom. The van der Waals surface area contributed by atoms with Crippen molar-refractivity contribution in [1.29, 1.82) is 0 Å². The number of fused-ring (bicyclic) bond motifs is 1. The zero-order chi connectivity index (χ0) is 14.5. The largest absolute Gasteiger partial charge is 0.351 e. The van der Waals surface area contributed by atoms with Crippen molar-refractivity contribution in [3.8, 4) is 0 Å². The van der Waals surface area contributed by atoms with E-state index in [2.05, 4.69) is 20.5 Å². The van der Waals surface area contributed by atoms with Crippen LogP contribution in [0.2, 0.25) is 0 Å². The number of benzene rings is 1. The number of carbonyl (C=O) groups is 1. The maximum Gasteiger partial charge on any atom is 0.253 e. The molecule has 23 heavy (non-hydrogen) atoms. The standard InChI is InChI=1S/C16H20N4O.2ClH/c21-16(19-9-12-20-10-7-17-8-11-20)14-5-1-3-13-4-2-6-18-15(13)14;;/h1-6,17H,7-12H2,(H,19,21);2*1H. The lowest BCUT2D eigenvalue weighted by Crippen LogP contribution is -2.46. The molecule has 0 unspecified atom stereocenters. The third kappa shape index (κ3) is 5.04. The quantitative estimate of drug-likeness (QED) is 0.875. The summed E-state index contributed by atoms with van der Waals surface area (Å²) in [4.78, 5) is 19.0. The molecule has 1 amide bonds. The topological polar surface area (TPSA) is 57.3 Å². The van der Waals surface area contributed by atoms with Crippen LogP contribution in [0.15, 0.2) is 36.5 Å². The number of nitrogens with zero attached hydrogens (tertiary/aromatic N) is 2. The molecule has 3 rings (SSSR count). The smallest absolute Gasteiger partial charge is 0.253 e. The highest BCUT2D eigenvalue weighted by Gasteiger charge is 2.12. The van der Waals surface area contributed by atoms with Crippen LogP contribution in [-0.2, 0) is 0 Å². The van der Waals surface area contributed by atoms with Gasteiger partial charge in [-0.1, -0.05) is 18.2 Å². The molecule has 126 valence electrons. The third-order valence-electron chi connectivity index (χ3n) is 3.80. The summed E-state index contributed by atoms with van der Waals surface area (Å²) in [7, 11) is 0. The van der Waals surface area contributed by atoms with E-state index in [9.17, 15) is 4.79 Å². The Labute approximate surface area is 148 Å². The fourth-order valence-electron chi connectivity index (χ4n) is 2.64. The molecule has 1 aliphatic rings. The molecule has 1 aromatic carbocycles. The Bertz CT molecular complexity index is 627. The van der Waals surface area contributed by atoms with E-state index in [0.29, 0.717) is 12.1 Å². The predicted molar refractivity (Wildman–Crippen MR) is 97.9 cm³/mol. The fraction of sp³-hybridized carbons (Fsp3) is 0.375. The Morgan fingerprint density at radius 3 is 2.70 bits per heavy atom. The molecular formula is C16H22Cl2N4O. The predicted octanol–water partition coefficient (Wildman–Crippen LogP) is 1.71. The van der Waals surface area contributed by atoms with E-state index in [-0.39, 0.29) is 30.7 Å². The van der Waals surface area contributed by atoms with Gasteiger partial charge in [-0.25, -0.2) is 0 Å². The number of rotatable bonds is 4. The molecule has 7 heteroatoms. The first kappa shape index (κ1) is 19.6. The Kier molecular flexibility index (Phi) is 8.26. The second-order valence-electron chi connectivity index (χ2n) is 5.23. The molecule has 0 spiro atoms. The molecule has 1 aromatic heterocycles. The maximum atomic E-state index is 12.3. The molecule has 1 saturated heterocycles. The van der Waals surface area contributed by atoms with Crippen LogP contribution in [0.25, 0.3) is 10.9 Å². The molecule has 0 radical (unpaired) electrons.